The molecule has 0 aliphatic heterocycles. The van der Waals surface area contributed by atoms with Gasteiger partial charge in [0, 0.05) is 26.5 Å². The summed E-state index contributed by atoms with van der Waals surface area (Å²) in [6, 6.07) is 10.2. The molecule has 0 bridgehead atoms. The molecule has 0 heterocycles. The van der Waals surface area contributed by atoms with Crippen LogP contribution in [0.1, 0.15) is 11.1 Å². The van der Waals surface area contributed by atoms with Crippen LogP contribution in [0.3, 0.4) is 0 Å². The van der Waals surface area contributed by atoms with Crippen molar-refractivity contribution in [3.8, 4) is 5.75 Å². The summed E-state index contributed by atoms with van der Waals surface area (Å²) in [7, 11) is 0. The van der Waals surface area contributed by atoms with Crippen LogP contribution in [-0.2, 0) is 11.9 Å². The van der Waals surface area contributed by atoms with E-state index in [9.17, 15) is 10.1 Å². The summed E-state index contributed by atoms with van der Waals surface area (Å²) in [5.41, 5.74) is 1.34. The number of nitro groups is 1. The maximum atomic E-state index is 11.1. The largest absolute Gasteiger partial charge is 0.488 e. The van der Waals surface area contributed by atoms with E-state index in [-0.39, 0.29) is 12.3 Å². The number of hydrogen-bond donors (Lipinski definition) is 0. The first kappa shape index (κ1) is 16.3. The SMILES string of the molecule is O=[N+]([O-])c1cc(Br)ccc1COc1cccc(Cl)c1CBr. The van der Waals surface area contributed by atoms with Gasteiger partial charge in [0.1, 0.15) is 12.4 Å². The summed E-state index contributed by atoms with van der Waals surface area (Å²) in [4.78, 5) is 10.6. The topological polar surface area (TPSA) is 52.4 Å². The molecule has 0 aliphatic rings. The molecule has 0 unspecified atom stereocenters. The number of nitro benzene ring substituents is 1. The fourth-order valence-corrected chi connectivity index (χ4v) is 3.11. The molecule has 0 aromatic heterocycles. The Morgan fingerprint density at radius 3 is 2.71 bits per heavy atom. The summed E-state index contributed by atoms with van der Waals surface area (Å²) < 4.78 is 6.35. The number of hydrogen-bond acceptors (Lipinski definition) is 3. The summed E-state index contributed by atoms with van der Waals surface area (Å²) >= 11 is 12.7. The number of ether oxygens (including phenoxy) is 1. The lowest BCUT2D eigenvalue weighted by Crippen LogP contribution is -2.02. The summed E-state index contributed by atoms with van der Waals surface area (Å²) in [5.74, 6) is 0.608. The highest BCUT2D eigenvalue weighted by Gasteiger charge is 2.15. The Balaban J connectivity index is 2.25. The Hall–Kier alpha value is -1.11. The normalized spacial score (nSPS) is 10.4. The van der Waals surface area contributed by atoms with Gasteiger partial charge in [-0.05, 0) is 24.3 Å². The van der Waals surface area contributed by atoms with E-state index in [0.29, 0.717) is 26.1 Å². The van der Waals surface area contributed by atoms with Gasteiger partial charge in [-0.3, -0.25) is 10.1 Å². The van der Waals surface area contributed by atoms with Gasteiger partial charge in [-0.1, -0.05) is 49.5 Å². The molecule has 21 heavy (non-hydrogen) atoms. The summed E-state index contributed by atoms with van der Waals surface area (Å²) in [6.45, 7) is 0.101. The lowest BCUT2D eigenvalue weighted by Gasteiger charge is -2.11. The standard InChI is InChI=1S/C14H10Br2ClNO3/c15-7-11-12(17)2-1-3-14(11)21-8-9-4-5-10(16)6-13(9)18(19)20/h1-6H,7-8H2. The highest BCUT2D eigenvalue weighted by atomic mass is 79.9. The molecule has 0 aliphatic carbocycles. The monoisotopic (exact) mass is 433 g/mol. The van der Waals surface area contributed by atoms with Gasteiger partial charge in [0.15, 0.2) is 0 Å². The average Bonchev–Trinajstić information content (AvgIpc) is 2.45. The molecule has 0 radical (unpaired) electrons. The zero-order valence-electron chi connectivity index (χ0n) is 10.7. The van der Waals surface area contributed by atoms with Gasteiger partial charge in [-0.15, -0.1) is 0 Å². The Labute approximate surface area is 143 Å². The van der Waals surface area contributed by atoms with E-state index in [2.05, 4.69) is 31.9 Å². The van der Waals surface area contributed by atoms with Crippen LogP contribution in [0.5, 0.6) is 5.75 Å². The third kappa shape index (κ3) is 3.96. The first-order valence-corrected chi connectivity index (χ1v) is 8.21. The van der Waals surface area contributed by atoms with E-state index in [1.807, 2.05) is 0 Å². The van der Waals surface area contributed by atoms with Crippen molar-refractivity contribution >= 4 is 49.1 Å². The Kier molecular flexibility index (Phi) is 5.61. The summed E-state index contributed by atoms with van der Waals surface area (Å²) in [6.07, 6.45) is 0. The van der Waals surface area contributed by atoms with Crippen molar-refractivity contribution in [3.63, 3.8) is 0 Å². The number of benzene rings is 2. The van der Waals surface area contributed by atoms with Crippen molar-refractivity contribution in [1.82, 2.24) is 0 Å². The van der Waals surface area contributed by atoms with Crippen molar-refractivity contribution in [2.24, 2.45) is 0 Å². The van der Waals surface area contributed by atoms with E-state index in [1.165, 1.54) is 6.07 Å². The highest BCUT2D eigenvalue weighted by Crippen LogP contribution is 2.30. The van der Waals surface area contributed by atoms with Crippen molar-refractivity contribution in [2.75, 3.05) is 0 Å². The molecule has 2 rings (SSSR count). The van der Waals surface area contributed by atoms with Gasteiger partial charge in [-0.2, -0.15) is 0 Å². The van der Waals surface area contributed by atoms with Crippen LogP contribution in [0, 0.1) is 10.1 Å². The minimum absolute atomic E-state index is 0.0202. The van der Waals surface area contributed by atoms with Crippen molar-refractivity contribution < 1.29 is 9.66 Å². The molecule has 110 valence electrons. The summed E-state index contributed by atoms with van der Waals surface area (Å²) in [5, 5.41) is 12.2. The fraction of sp³-hybridized carbons (Fsp3) is 0.143. The molecule has 0 amide bonds. The Morgan fingerprint density at radius 2 is 2.05 bits per heavy atom. The number of halogens is 3. The lowest BCUT2D eigenvalue weighted by atomic mass is 10.2. The van der Waals surface area contributed by atoms with Gasteiger partial charge in [0.2, 0.25) is 0 Å². The maximum Gasteiger partial charge on any atom is 0.277 e. The third-order valence-corrected chi connectivity index (χ3v) is 4.24. The van der Waals surface area contributed by atoms with Crippen LogP contribution in [0.4, 0.5) is 5.69 Å². The van der Waals surface area contributed by atoms with Crippen LogP contribution in [-0.4, -0.2) is 4.92 Å². The quantitative estimate of drug-likeness (QED) is 0.355. The van der Waals surface area contributed by atoms with E-state index in [1.54, 1.807) is 30.3 Å². The van der Waals surface area contributed by atoms with Crippen LogP contribution >= 0.6 is 43.5 Å². The second-order valence-electron chi connectivity index (χ2n) is 4.17. The Morgan fingerprint density at radius 1 is 1.29 bits per heavy atom. The zero-order chi connectivity index (χ0) is 15.4. The van der Waals surface area contributed by atoms with Gasteiger partial charge in [-0.25, -0.2) is 0 Å². The van der Waals surface area contributed by atoms with E-state index in [4.69, 9.17) is 16.3 Å². The highest BCUT2D eigenvalue weighted by molar-refractivity contribution is 9.10. The fourth-order valence-electron chi connectivity index (χ4n) is 1.79. The first-order chi connectivity index (χ1) is 10.0. The molecule has 2 aromatic carbocycles. The molecule has 0 saturated carbocycles. The van der Waals surface area contributed by atoms with Crippen molar-refractivity contribution in [2.45, 2.75) is 11.9 Å². The van der Waals surface area contributed by atoms with Gasteiger partial charge in [0.25, 0.3) is 5.69 Å². The zero-order valence-corrected chi connectivity index (χ0v) is 14.6. The van der Waals surface area contributed by atoms with E-state index < -0.39 is 4.92 Å². The second-order valence-corrected chi connectivity index (χ2v) is 6.05. The minimum atomic E-state index is -0.424. The predicted molar refractivity (Wildman–Crippen MR) is 89.2 cm³/mol. The van der Waals surface area contributed by atoms with Crippen LogP contribution in [0.2, 0.25) is 5.02 Å². The smallest absolute Gasteiger partial charge is 0.277 e. The lowest BCUT2D eigenvalue weighted by molar-refractivity contribution is -0.385. The minimum Gasteiger partial charge on any atom is -0.488 e. The third-order valence-electron chi connectivity index (χ3n) is 2.84. The number of alkyl halides is 1. The number of nitrogens with zero attached hydrogens (tertiary/aromatic N) is 1. The van der Waals surface area contributed by atoms with E-state index in [0.717, 1.165) is 5.56 Å². The van der Waals surface area contributed by atoms with Gasteiger partial charge in [0.05, 0.1) is 10.5 Å². The molecule has 2 aromatic rings. The van der Waals surface area contributed by atoms with Crippen molar-refractivity contribution in [3.05, 3.63) is 67.1 Å². The maximum absolute atomic E-state index is 11.1. The molecule has 0 atom stereocenters. The molecular formula is C14H10Br2ClNO3. The molecule has 7 heteroatoms. The molecule has 0 fully saturated rings. The molecule has 0 N–H and O–H groups in total. The van der Waals surface area contributed by atoms with Crippen LogP contribution in [0.15, 0.2) is 40.9 Å². The van der Waals surface area contributed by atoms with Crippen LogP contribution in [0.25, 0.3) is 0 Å². The van der Waals surface area contributed by atoms with Gasteiger partial charge >= 0.3 is 0 Å². The number of rotatable bonds is 5. The Bertz CT molecular complexity index is 679. The van der Waals surface area contributed by atoms with E-state index >= 15 is 0 Å². The predicted octanol–water partition coefficient (Wildman–Crippen LogP) is 5.48. The molecule has 0 saturated heterocycles. The van der Waals surface area contributed by atoms with Crippen molar-refractivity contribution in [1.29, 1.82) is 0 Å². The van der Waals surface area contributed by atoms with Gasteiger partial charge < -0.3 is 4.74 Å². The van der Waals surface area contributed by atoms with Crippen LogP contribution < -0.4 is 4.74 Å². The molecule has 4 nitrogen and oxygen atoms in total. The average molecular weight is 435 g/mol. The molecular weight excluding hydrogens is 425 g/mol. The second kappa shape index (κ2) is 7.24. The first-order valence-electron chi connectivity index (χ1n) is 5.92. The molecule has 0 spiro atoms.